The summed E-state index contributed by atoms with van der Waals surface area (Å²) in [5.74, 6) is -0.982. The first-order valence-corrected chi connectivity index (χ1v) is 5.89. The Morgan fingerprint density at radius 2 is 2.10 bits per heavy atom. The summed E-state index contributed by atoms with van der Waals surface area (Å²) in [4.78, 5) is 23.2. The quantitative estimate of drug-likeness (QED) is 0.456. The SMILES string of the molecule is O=C(O)CCCCNc1cc(C(F)(F)F)ncc1[N+](=O)[O-]. The normalized spacial score (nSPS) is 11.2. The zero-order chi connectivity index (χ0) is 16.0. The fourth-order valence-corrected chi connectivity index (χ4v) is 1.51. The lowest BCUT2D eigenvalue weighted by molar-refractivity contribution is -0.384. The van der Waals surface area contributed by atoms with Crippen LogP contribution in [0.5, 0.6) is 0 Å². The van der Waals surface area contributed by atoms with Crippen molar-refractivity contribution in [1.82, 2.24) is 4.98 Å². The molecule has 0 fully saturated rings. The smallest absolute Gasteiger partial charge is 0.433 e. The molecule has 0 bridgehead atoms. The van der Waals surface area contributed by atoms with Gasteiger partial charge in [-0.2, -0.15) is 13.2 Å². The maximum absolute atomic E-state index is 12.5. The van der Waals surface area contributed by atoms with Crippen LogP contribution in [0.4, 0.5) is 24.5 Å². The lowest BCUT2D eigenvalue weighted by atomic mass is 10.2. The van der Waals surface area contributed by atoms with Crippen LogP contribution < -0.4 is 5.32 Å². The molecule has 0 atom stereocenters. The molecular weight excluding hydrogens is 295 g/mol. The number of unbranched alkanes of at least 4 members (excludes halogenated alkanes) is 1. The number of carboxylic acid groups (broad SMARTS) is 1. The van der Waals surface area contributed by atoms with E-state index >= 15 is 0 Å². The molecule has 0 aliphatic rings. The molecule has 0 spiro atoms. The summed E-state index contributed by atoms with van der Waals surface area (Å²) in [7, 11) is 0. The number of carboxylic acids is 1. The number of nitrogens with zero attached hydrogens (tertiary/aromatic N) is 2. The van der Waals surface area contributed by atoms with E-state index in [4.69, 9.17) is 5.11 Å². The van der Waals surface area contributed by atoms with Crippen LogP contribution in [-0.2, 0) is 11.0 Å². The van der Waals surface area contributed by atoms with Crippen molar-refractivity contribution in [2.24, 2.45) is 0 Å². The Balaban J connectivity index is 2.77. The molecule has 116 valence electrons. The van der Waals surface area contributed by atoms with Crippen LogP contribution in [0.1, 0.15) is 25.0 Å². The van der Waals surface area contributed by atoms with Crippen LogP contribution in [0.2, 0.25) is 0 Å². The Bertz CT molecular complexity index is 534. The number of hydrogen-bond donors (Lipinski definition) is 2. The average Bonchev–Trinajstić information content (AvgIpc) is 2.36. The van der Waals surface area contributed by atoms with Crippen LogP contribution >= 0.6 is 0 Å². The molecule has 1 aromatic rings. The highest BCUT2D eigenvalue weighted by Gasteiger charge is 2.34. The number of aromatic nitrogens is 1. The van der Waals surface area contributed by atoms with Crippen molar-refractivity contribution < 1.29 is 28.0 Å². The van der Waals surface area contributed by atoms with Gasteiger partial charge in [0.05, 0.1) is 4.92 Å². The first-order valence-electron chi connectivity index (χ1n) is 5.89. The predicted octanol–water partition coefficient (Wildman–Crippen LogP) is 2.68. The molecule has 0 radical (unpaired) electrons. The number of nitro groups is 1. The summed E-state index contributed by atoms with van der Waals surface area (Å²) in [6.07, 6.45) is -3.56. The average molecular weight is 307 g/mol. The van der Waals surface area contributed by atoms with E-state index in [0.717, 1.165) is 0 Å². The third kappa shape index (κ3) is 5.24. The van der Waals surface area contributed by atoms with Crippen LogP contribution in [0, 0.1) is 10.1 Å². The van der Waals surface area contributed by atoms with Crippen molar-refractivity contribution in [2.45, 2.75) is 25.4 Å². The first-order chi connectivity index (χ1) is 9.71. The standard InChI is InChI=1S/C11H12F3N3O4/c12-11(13,14)9-5-7(8(6-16-9)17(20)21)15-4-2-1-3-10(18)19/h5-6H,1-4H2,(H,15,16)(H,18,19). The largest absolute Gasteiger partial charge is 0.481 e. The zero-order valence-electron chi connectivity index (χ0n) is 10.7. The molecule has 0 aliphatic heterocycles. The zero-order valence-corrected chi connectivity index (χ0v) is 10.7. The molecular formula is C11H12F3N3O4. The van der Waals surface area contributed by atoms with Crippen molar-refractivity contribution in [2.75, 3.05) is 11.9 Å². The van der Waals surface area contributed by atoms with Gasteiger partial charge in [0.1, 0.15) is 17.6 Å². The van der Waals surface area contributed by atoms with Crippen molar-refractivity contribution in [3.05, 3.63) is 28.1 Å². The Labute approximate surface area is 116 Å². The molecule has 0 amide bonds. The van der Waals surface area contributed by atoms with Gasteiger partial charge < -0.3 is 10.4 Å². The maximum Gasteiger partial charge on any atom is 0.433 e. The second-order valence-corrected chi connectivity index (χ2v) is 4.12. The number of pyridine rings is 1. The number of anilines is 1. The van der Waals surface area contributed by atoms with Crippen LogP contribution in [-0.4, -0.2) is 27.5 Å². The predicted molar refractivity (Wildman–Crippen MR) is 65.9 cm³/mol. The van der Waals surface area contributed by atoms with Gasteiger partial charge in [0.15, 0.2) is 0 Å². The number of halogens is 3. The fourth-order valence-electron chi connectivity index (χ4n) is 1.51. The number of carbonyl (C=O) groups is 1. The molecule has 10 heteroatoms. The number of hydrogen-bond acceptors (Lipinski definition) is 5. The number of alkyl halides is 3. The third-order valence-electron chi connectivity index (χ3n) is 2.50. The van der Waals surface area contributed by atoms with E-state index in [2.05, 4.69) is 10.3 Å². The molecule has 1 heterocycles. The minimum atomic E-state index is -4.70. The summed E-state index contributed by atoms with van der Waals surface area (Å²) in [6, 6.07) is 0.565. The van der Waals surface area contributed by atoms with Gasteiger partial charge in [0, 0.05) is 13.0 Å². The van der Waals surface area contributed by atoms with Crippen LogP contribution in [0.15, 0.2) is 12.3 Å². The van der Waals surface area contributed by atoms with E-state index in [1.807, 2.05) is 0 Å². The Morgan fingerprint density at radius 1 is 1.43 bits per heavy atom. The van der Waals surface area contributed by atoms with Crippen molar-refractivity contribution in [3.63, 3.8) is 0 Å². The Hall–Kier alpha value is -2.39. The van der Waals surface area contributed by atoms with Gasteiger partial charge in [-0.1, -0.05) is 0 Å². The molecule has 7 nitrogen and oxygen atoms in total. The molecule has 2 N–H and O–H groups in total. The minimum absolute atomic E-state index is 0.0755. The molecule has 0 unspecified atom stereocenters. The van der Waals surface area contributed by atoms with Crippen LogP contribution in [0.25, 0.3) is 0 Å². The first kappa shape index (κ1) is 16.7. The second-order valence-electron chi connectivity index (χ2n) is 4.12. The summed E-state index contributed by atoms with van der Waals surface area (Å²) in [5, 5.41) is 21.7. The van der Waals surface area contributed by atoms with Gasteiger partial charge in [0.2, 0.25) is 0 Å². The summed E-state index contributed by atoms with van der Waals surface area (Å²) >= 11 is 0. The van der Waals surface area contributed by atoms with Gasteiger partial charge in [-0.3, -0.25) is 14.9 Å². The highest BCUT2D eigenvalue weighted by molar-refractivity contribution is 5.66. The highest BCUT2D eigenvalue weighted by atomic mass is 19.4. The van der Waals surface area contributed by atoms with E-state index in [9.17, 15) is 28.1 Å². The van der Waals surface area contributed by atoms with Gasteiger partial charge in [-0.05, 0) is 18.9 Å². The van der Waals surface area contributed by atoms with E-state index in [1.165, 1.54) is 0 Å². The van der Waals surface area contributed by atoms with E-state index in [0.29, 0.717) is 25.1 Å². The molecule has 1 rings (SSSR count). The van der Waals surface area contributed by atoms with E-state index in [-0.39, 0.29) is 18.7 Å². The fraction of sp³-hybridized carbons (Fsp3) is 0.455. The van der Waals surface area contributed by atoms with Crippen molar-refractivity contribution in [3.8, 4) is 0 Å². The molecule has 0 saturated heterocycles. The Kier molecular flexibility index (Phi) is 5.44. The van der Waals surface area contributed by atoms with Gasteiger partial charge in [0.25, 0.3) is 0 Å². The highest BCUT2D eigenvalue weighted by Crippen LogP contribution is 2.32. The summed E-state index contributed by atoms with van der Waals surface area (Å²) < 4.78 is 37.5. The van der Waals surface area contributed by atoms with E-state index < -0.39 is 28.5 Å². The Morgan fingerprint density at radius 3 is 2.62 bits per heavy atom. The lowest BCUT2D eigenvalue weighted by Crippen LogP contribution is -2.11. The molecule has 21 heavy (non-hydrogen) atoms. The minimum Gasteiger partial charge on any atom is -0.481 e. The summed E-state index contributed by atoms with van der Waals surface area (Å²) in [5.41, 5.74) is -2.10. The lowest BCUT2D eigenvalue weighted by Gasteiger charge is -2.10. The van der Waals surface area contributed by atoms with Gasteiger partial charge >= 0.3 is 17.8 Å². The molecule has 0 aliphatic carbocycles. The monoisotopic (exact) mass is 307 g/mol. The number of rotatable bonds is 7. The molecule has 0 saturated carbocycles. The molecule has 0 aromatic carbocycles. The topological polar surface area (TPSA) is 105 Å². The van der Waals surface area contributed by atoms with E-state index in [1.54, 1.807) is 0 Å². The van der Waals surface area contributed by atoms with Crippen LogP contribution in [0.3, 0.4) is 0 Å². The van der Waals surface area contributed by atoms with Crippen molar-refractivity contribution >= 4 is 17.3 Å². The molecule has 1 aromatic heterocycles. The third-order valence-corrected chi connectivity index (χ3v) is 2.50. The van der Waals surface area contributed by atoms with Gasteiger partial charge in [-0.15, -0.1) is 0 Å². The summed E-state index contributed by atoms with van der Waals surface area (Å²) in [6.45, 7) is 0.120. The number of nitrogens with one attached hydrogen (secondary N) is 1. The van der Waals surface area contributed by atoms with Crippen molar-refractivity contribution in [1.29, 1.82) is 0 Å². The van der Waals surface area contributed by atoms with Gasteiger partial charge in [-0.25, -0.2) is 4.98 Å². The second kappa shape index (κ2) is 6.86. The number of aliphatic carboxylic acids is 1. The maximum atomic E-state index is 12.5.